The molecule has 0 amide bonds. The Morgan fingerprint density at radius 2 is 0.952 bits per heavy atom. The third kappa shape index (κ3) is 7.93. The summed E-state index contributed by atoms with van der Waals surface area (Å²) in [5.41, 5.74) is 5.20. The summed E-state index contributed by atoms with van der Waals surface area (Å²) in [6.45, 7) is 12.2. The fourth-order valence-electron chi connectivity index (χ4n) is 5.81. The fourth-order valence-corrected chi connectivity index (χ4v) is 5.81. The van der Waals surface area contributed by atoms with E-state index in [4.69, 9.17) is 9.98 Å². The number of ketones is 2. The minimum Gasteiger partial charge on any atom is -0.511 e. The molecule has 2 aromatic rings. The molecule has 0 heterocycles. The second kappa shape index (κ2) is 12.6. The zero-order valence-electron chi connectivity index (χ0n) is 25.9. The number of Topliss-reactive ketones (excluding diaryl/α,β-unsaturated/α-hetero) is 2. The Kier molecular flexibility index (Phi) is 9.34. The molecule has 0 radical (unpaired) electrons. The van der Waals surface area contributed by atoms with E-state index in [9.17, 15) is 19.8 Å². The van der Waals surface area contributed by atoms with Crippen molar-refractivity contribution in [3.63, 3.8) is 0 Å². The number of aliphatic hydroxyl groups is 2. The van der Waals surface area contributed by atoms with E-state index in [1.165, 1.54) is 0 Å². The Morgan fingerprint density at radius 1 is 0.619 bits per heavy atom. The summed E-state index contributed by atoms with van der Waals surface area (Å²) in [4.78, 5) is 35.8. The molecule has 0 saturated heterocycles. The van der Waals surface area contributed by atoms with E-state index in [1.54, 1.807) is 0 Å². The van der Waals surface area contributed by atoms with Crippen LogP contribution in [0, 0.1) is 24.7 Å². The number of aryl methyl sites for hydroxylation is 2. The molecule has 2 N–H and O–H groups in total. The van der Waals surface area contributed by atoms with Gasteiger partial charge in [0.15, 0.2) is 11.6 Å². The van der Waals surface area contributed by atoms with Crippen molar-refractivity contribution in [1.29, 1.82) is 0 Å². The van der Waals surface area contributed by atoms with Gasteiger partial charge in [-0.2, -0.15) is 0 Å². The summed E-state index contributed by atoms with van der Waals surface area (Å²) >= 11 is 0. The predicted molar refractivity (Wildman–Crippen MR) is 170 cm³/mol. The van der Waals surface area contributed by atoms with Gasteiger partial charge in [0, 0.05) is 25.7 Å². The van der Waals surface area contributed by atoms with E-state index in [0.29, 0.717) is 73.9 Å². The van der Waals surface area contributed by atoms with E-state index >= 15 is 0 Å². The van der Waals surface area contributed by atoms with Crippen molar-refractivity contribution in [2.75, 3.05) is 0 Å². The molecular weight excluding hydrogens is 524 g/mol. The minimum absolute atomic E-state index is 0.0469. The van der Waals surface area contributed by atoms with Gasteiger partial charge in [0.2, 0.25) is 0 Å². The molecule has 0 unspecified atom stereocenters. The Bertz CT molecular complexity index is 1360. The second-order valence-corrected chi connectivity index (χ2v) is 13.5. The van der Waals surface area contributed by atoms with Crippen LogP contribution < -0.4 is 0 Å². The molecule has 2 aliphatic rings. The number of benzene rings is 2. The van der Waals surface area contributed by atoms with Gasteiger partial charge in [-0.15, -0.1) is 0 Å². The molecule has 0 spiro atoms. The Morgan fingerprint density at radius 3 is 1.29 bits per heavy atom. The molecular formula is C36H44N2O4. The second-order valence-electron chi connectivity index (χ2n) is 13.5. The monoisotopic (exact) mass is 568 g/mol. The average Bonchev–Trinajstić information content (AvgIpc) is 2.87. The number of aliphatic imine (C=N–C) groups is 2. The van der Waals surface area contributed by atoms with E-state index in [-0.39, 0.29) is 33.9 Å². The number of allylic oxidation sites excluding steroid dienone is 4. The summed E-state index contributed by atoms with van der Waals surface area (Å²) in [6.07, 6.45) is 3.59. The highest BCUT2D eigenvalue weighted by molar-refractivity contribution is 6.26. The third-order valence-electron chi connectivity index (χ3n) is 7.96. The molecule has 0 bridgehead atoms. The minimum atomic E-state index is -0.235. The molecule has 6 nitrogen and oxygen atoms in total. The molecule has 222 valence electrons. The molecule has 42 heavy (non-hydrogen) atoms. The van der Waals surface area contributed by atoms with Crippen molar-refractivity contribution in [2.24, 2.45) is 20.8 Å². The van der Waals surface area contributed by atoms with Gasteiger partial charge in [-0.25, -0.2) is 0 Å². The number of hydrogen-bond acceptors (Lipinski definition) is 6. The first-order valence-electron chi connectivity index (χ1n) is 14.9. The van der Waals surface area contributed by atoms with Crippen molar-refractivity contribution >= 4 is 34.4 Å². The van der Waals surface area contributed by atoms with Crippen LogP contribution in [0.5, 0.6) is 0 Å². The molecule has 6 heteroatoms. The van der Waals surface area contributed by atoms with Gasteiger partial charge in [0.05, 0.1) is 33.9 Å². The number of unbranched alkanes of at least 4 members (excludes halogenated alkanes) is 1. The number of hydrogen-bond donors (Lipinski definition) is 2. The van der Waals surface area contributed by atoms with Crippen LogP contribution in [-0.2, 0) is 9.59 Å². The largest absolute Gasteiger partial charge is 0.511 e. The quantitative estimate of drug-likeness (QED) is 0.198. The lowest BCUT2D eigenvalue weighted by molar-refractivity contribution is -0.118. The molecule has 0 aromatic heterocycles. The topological polar surface area (TPSA) is 99.3 Å². The van der Waals surface area contributed by atoms with Gasteiger partial charge in [-0.1, -0.05) is 63.1 Å². The maximum atomic E-state index is 13.2. The van der Waals surface area contributed by atoms with Crippen LogP contribution in [0.1, 0.15) is 90.2 Å². The van der Waals surface area contributed by atoms with E-state index in [0.717, 1.165) is 22.5 Å². The van der Waals surface area contributed by atoms with Crippen LogP contribution in [0.25, 0.3) is 0 Å². The predicted octanol–water partition coefficient (Wildman–Crippen LogP) is 9.11. The fraction of sp³-hybridized carbons (Fsp3) is 0.444. The lowest BCUT2D eigenvalue weighted by atomic mass is 9.73. The first-order valence-corrected chi connectivity index (χ1v) is 14.9. The lowest BCUT2D eigenvalue weighted by Gasteiger charge is -2.31. The van der Waals surface area contributed by atoms with Crippen LogP contribution in [0.2, 0.25) is 0 Å². The van der Waals surface area contributed by atoms with Crippen molar-refractivity contribution in [1.82, 2.24) is 0 Å². The van der Waals surface area contributed by atoms with Crippen LogP contribution in [0.15, 0.2) is 81.2 Å². The molecule has 0 atom stereocenters. The van der Waals surface area contributed by atoms with E-state index in [1.807, 2.05) is 90.1 Å². The molecule has 2 fully saturated rings. The van der Waals surface area contributed by atoms with Gasteiger partial charge >= 0.3 is 0 Å². The number of aliphatic hydroxyl groups excluding tert-OH is 2. The summed E-state index contributed by atoms with van der Waals surface area (Å²) in [7, 11) is 0. The normalized spacial score (nSPS) is 22.9. The van der Waals surface area contributed by atoms with Crippen molar-refractivity contribution in [3.05, 3.63) is 82.3 Å². The van der Waals surface area contributed by atoms with Crippen LogP contribution in [0.3, 0.4) is 0 Å². The standard InChI is InChI=1S/C36H44N2O4/c1-23-11-15-25(16-12-23)37-27-19-35(3,4)21-31(41)33(27)29(39)9-7-8-10-30(40)34-28(20-36(5,6)22-32(34)42)38-26-17-13-24(2)14-18-26/h11-18,39-40H,7-10,19-22H2,1-6H3/b33-29+,34-30+,37-27?,38-28?. The van der Waals surface area contributed by atoms with Crippen LogP contribution in [0.4, 0.5) is 11.4 Å². The molecule has 2 aliphatic carbocycles. The Hall–Kier alpha value is -3.80. The third-order valence-corrected chi connectivity index (χ3v) is 7.96. The Labute approximate surface area is 250 Å². The van der Waals surface area contributed by atoms with Crippen molar-refractivity contribution < 1.29 is 19.8 Å². The summed E-state index contributed by atoms with van der Waals surface area (Å²) in [6, 6.07) is 15.6. The molecule has 0 aliphatic heterocycles. The van der Waals surface area contributed by atoms with Gasteiger partial charge in [0.1, 0.15) is 11.5 Å². The summed E-state index contributed by atoms with van der Waals surface area (Å²) in [5.74, 6) is -0.0878. The summed E-state index contributed by atoms with van der Waals surface area (Å²) < 4.78 is 0. The van der Waals surface area contributed by atoms with Crippen LogP contribution >= 0.6 is 0 Å². The lowest BCUT2D eigenvalue weighted by Crippen LogP contribution is -2.32. The zero-order chi connectivity index (χ0) is 30.7. The van der Waals surface area contributed by atoms with Gasteiger partial charge in [0.25, 0.3) is 0 Å². The number of rotatable bonds is 7. The zero-order valence-corrected chi connectivity index (χ0v) is 25.9. The van der Waals surface area contributed by atoms with Gasteiger partial charge in [-0.05, 0) is 74.6 Å². The average molecular weight is 569 g/mol. The maximum Gasteiger partial charge on any atom is 0.168 e. The Balaban J connectivity index is 1.51. The van der Waals surface area contributed by atoms with Gasteiger partial charge in [-0.3, -0.25) is 19.6 Å². The first-order chi connectivity index (χ1) is 19.7. The maximum absolute atomic E-state index is 13.2. The summed E-state index contributed by atoms with van der Waals surface area (Å²) in [5, 5.41) is 22.2. The highest BCUT2D eigenvalue weighted by Crippen LogP contribution is 2.38. The first kappa shape index (κ1) is 31.1. The van der Waals surface area contributed by atoms with E-state index in [2.05, 4.69) is 0 Å². The van der Waals surface area contributed by atoms with E-state index < -0.39 is 0 Å². The smallest absolute Gasteiger partial charge is 0.168 e. The highest BCUT2D eigenvalue weighted by Gasteiger charge is 2.37. The molecule has 2 aromatic carbocycles. The van der Waals surface area contributed by atoms with Crippen molar-refractivity contribution in [3.8, 4) is 0 Å². The number of nitrogens with zero attached hydrogens (tertiary/aromatic N) is 2. The van der Waals surface area contributed by atoms with Crippen LogP contribution in [-0.4, -0.2) is 33.2 Å². The number of carbonyl (C=O) groups excluding carboxylic acids is 2. The van der Waals surface area contributed by atoms with Gasteiger partial charge < -0.3 is 10.2 Å². The molecule has 2 saturated carbocycles. The highest BCUT2D eigenvalue weighted by atomic mass is 16.3. The number of carbonyl (C=O) groups is 2. The van der Waals surface area contributed by atoms with Crippen molar-refractivity contribution in [2.45, 2.75) is 92.9 Å². The molecule has 4 rings (SSSR count). The SMILES string of the molecule is Cc1ccc(N=C2CC(C)(C)CC(=O)/C2=C(/O)CCCC/C(O)=C2\C(=O)CC(C)(C)CC2=Nc2ccc(C)cc2)cc1.